The highest BCUT2D eigenvalue weighted by Crippen LogP contribution is 2.25. The van der Waals surface area contributed by atoms with E-state index >= 15 is 0 Å². The summed E-state index contributed by atoms with van der Waals surface area (Å²) in [4.78, 5) is 22.4. The average Bonchev–Trinajstić information content (AvgIpc) is 2.37. The number of carbonyl (C=O) groups excluding carboxylic acids is 1. The van der Waals surface area contributed by atoms with E-state index in [9.17, 15) is 14.0 Å². The maximum atomic E-state index is 12.9. The first-order valence-corrected chi connectivity index (χ1v) is 7.30. The van der Waals surface area contributed by atoms with Crippen molar-refractivity contribution in [3.05, 3.63) is 28.5 Å². The summed E-state index contributed by atoms with van der Waals surface area (Å²) < 4.78 is 18.6. The van der Waals surface area contributed by atoms with E-state index in [1.807, 2.05) is 6.92 Å². The maximum Gasteiger partial charge on any atom is 0.305 e. The fourth-order valence-electron chi connectivity index (χ4n) is 1.79. The molecule has 5 nitrogen and oxygen atoms in total. The summed E-state index contributed by atoms with van der Waals surface area (Å²) in [5.41, 5.74) is 0. The smallest absolute Gasteiger partial charge is 0.305 e. The van der Waals surface area contributed by atoms with Crippen LogP contribution in [0.1, 0.15) is 26.2 Å². The van der Waals surface area contributed by atoms with Crippen molar-refractivity contribution in [1.82, 2.24) is 5.32 Å². The van der Waals surface area contributed by atoms with Gasteiger partial charge in [-0.1, -0.05) is 13.3 Å². The van der Waals surface area contributed by atoms with Crippen molar-refractivity contribution in [3.8, 4) is 5.75 Å². The Kier molecular flexibility index (Phi) is 7.14. The lowest BCUT2D eigenvalue weighted by molar-refractivity contribution is -0.137. The number of nitrogens with one attached hydrogen (secondary N) is 1. The number of amides is 1. The van der Waals surface area contributed by atoms with Crippen LogP contribution in [0.2, 0.25) is 0 Å². The molecule has 1 aromatic rings. The van der Waals surface area contributed by atoms with Crippen LogP contribution in [0, 0.1) is 5.82 Å². The second-order valence-electron chi connectivity index (χ2n) is 4.51. The molecule has 1 atom stereocenters. The van der Waals surface area contributed by atoms with Gasteiger partial charge >= 0.3 is 5.97 Å². The lowest BCUT2D eigenvalue weighted by Gasteiger charge is -2.16. The summed E-state index contributed by atoms with van der Waals surface area (Å²) in [5.74, 6) is -1.44. The molecule has 1 rings (SSSR count). The molecule has 0 spiro atoms. The summed E-state index contributed by atoms with van der Waals surface area (Å²) in [6.45, 7) is 1.65. The molecule has 0 aliphatic heterocycles. The van der Waals surface area contributed by atoms with Gasteiger partial charge in [0.15, 0.2) is 6.61 Å². The zero-order valence-electron chi connectivity index (χ0n) is 11.6. The van der Waals surface area contributed by atoms with Crippen LogP contribution in [0.3, 0.4) is 0 Å². The van der Waals surface area contributed by atoms with Gasteiger partial charge in [0.2, 0.25) is 0 Å². The SMILES string of the molecule is CCCC(CC(=O)O)NC(=O)COc1ccc(F)cc1Br. The summed E-state index contributed by atoms with van der Waals surface area (Å²) >= 11 is 3.13. The molecule has 1 unspecified atom stereocenters. The molecule has 0 aliphatic rings. The number of benzene rings is 1. The van der Waals surface area contributed by atoms with E-state index in [-0.39, 0.29) is 13.0 Å². The van der Waals surface area contributed by atoms with Crippen molar-refractivity contribution in [2.75, 3.05) is 6.61 Å². The number of halogens is 2. The Morgan fingerprint density at radius 1 is 1.48 bits per heavy atom. The van der Waals surface area contributed by atoms with E-state index in [0.717, 1.165) is 6.42 Å². The van der Waals surface area contributed by atoms with Gasteiger partial charge in [0, 0.05) is 6.04 Å². The van der Waals surface area contributed by atoms with Gasteiger partial charge in [0.1, 0.15) is 11.6 Å². The van der Waals surface area contributed by atoms with Crippen molar-refractivity contribution in [2.45, 2.75) is 32.2 Å². The molecule has 0 heterocycles. The molecule has 0 fully saturated rings. The van der Waals surface area contributed by atoms with Gasteiger partial charge in [-0.2, -0.15) is 0 Å². The molecule has 0 saturated heterocycles. The minimum absolute atomic E-state index is 0.125. The topological polar surface area (TPSA) is 75.6 Å². The molecule has 0 bridgehead atoms. The molecule has 7 heteroatoms. The molecule has 0 aromatic heterocycles. The predicted molar refractivity (Wildman–Crippen MR) is 78.7 cm³/mol. The van der Waals surface area contributed by atoms with Crippen LogP contribution < -0.4 is 10.1 Å². The Hall–Kier alpha value is -1.63. The zero-order valence-corrected chi connectivity index (χ0v) is 13.2. The largest absolute Gasteiger partial charge is 0.483 e. The van der Waals surface area contributed by atoms with E-state index in [1.54, 1.807) is 0 Å². The van der Waals surface area contributed by atoms with Crippen molar-refractivity contribution >= 4 is 27.8 Å². The molecule has 116 valence electrons. The minimum atomic E-state index is -0.962. The van der Waals surface area contributed by atoms with Crippen molar-refractivity contribution < 1.29 is 23.8 Å². The molecule has 0 radical (unpaired) electrons. The number of ether oxygens (including phenoxy) is 1. The Morgan fingerprint density at radius 3 is 2.76 bits per heavy atom. The summed E-state index contributed by atoms with van der Waals surface area (Å²) in [5, 5.41) is 11.4. The van der Waals surface area contributed by atoms with Crippen LogP contribution in [0.5, 0.6) is 5.75 Å². The number of hydrogen-bond acceptors (Lipinski definition) is 3. The molecule has 21 heavy (non-hydrogen) atoms. The molecule has 0 saturated carbocycles. The normalized spacial score (nSPS) is 11.8. The second kappa shape index (κ2) is 8.61. The van der Waals surface area contributed by atoms with Crippen molar-refractivity contribution in [1.29, 1.82) is 0 Å². The third-order valence-corrected chi connectivity index (χ3v) is 3.30. The molecule has 0 aliphatic carbocycles. The number of carboxylic acids is 1. The fourth-order valence-corrected chi connectivity index (χ4v) is 2.25. The van der Waals surface area contributed by atoms with E-state index in [2.05, 4.69) is 21.2 Å². The Labute approximate surface area is 130 Å². The van der Waals surface area contributed by atoms with E-state index in [0.29, 0.717) is 16.6 Å². The number of aliphatic carboxylic acids is 1. The average molecular weight is 362 g/mol. The van der Waals surface area contributed by atoms with Crippen LogP contribution in [0.25, 0.3) is 0 Å². The van der Waals surface area contributed by atoms with Gasteiger partial charge in [-0.15, -0.1) is 0 Å². The highest BCUT2D eigenvalue weighted by Gasteiger charge is 2.15. The second-order valence-corrected chi connectivity index (χ2v) is 5.37. The van der Waals surface area contributed by atoms with Gasteiger partial charge < -0.3 is 15.2 Å². The number of carboxylic acid groups (broad SMARTS) is 1. The third kappa shape index (κ3) is 6.57. The summed E-state index contributed by atoms with van der Waals surface area (Å²) in [6.07, 6.45) is 1.22. The van der Waals surface area contributed by atoms with E-state index < -0.39 is 23.7 Å². The highest BCUT2D eigenvalue weighted by molar-refractivity contribution is 9.10. The van der Waals surface area contributed by atoms with Crippen molar-refractivity contribution in [2.24, 2.45) is 0 Å². The highest BCUT2D eigenvalue weighted by atomic mass is 79.9. The Morgan fingerprint density at radius 2 is 2.19 bits per heavy atom. The maximum absolute atomic E-state index is 12.9. The first kappa shape index (κ1) is 17.4. The zero-order chi connectivity index (χ0) is 15.8. The minimum Gasteiger partial charge on any atom is -0.483 e. The first-order valence-electron chi connectivity index (χ1n) is 6.51. The van der Waals surface area contributed by atoms with Gasteiger partial charge in [-0.05, 0) is 40.5 Å². The third-order valence-electron chi connectivity index (χ3n) is 2.68. The number of carbonyl (C=O) groups is 2. The quantitative estimate of drug-likeness (QED) is 0.746. The van der Waals surface area contributed by atoms with Crippen LogP contribution in [-0.4, -0.2) is 29.6 Å². The monoisotopic (exact) mass is 361 g/mol. The van der Waals surface area contributed by atoms with Gasteiger partial charge in [0.05, 0.1) is 10.9 Å². The lowest BCUT2D eigenvalue weighted by atomic mass is 10.1. The molecule has 1 aromatic carbocycles. The first-order chi connectivity index (χ1) is 9.92. The van der Waals surface area contributed by atoms with E-state index in [1.165, 1.54) is 18.2 Å². The fraction of sp³-hybridized carbons (Fsp3) is 0.429. The Balaban J connectivity index is 2.50. The molecular weight excluding hydrogens is 345 g/mol. The van der Waals surface area contributed by atoms with Gasteiger partial charge in [-0.3, -0.25) is 9.59 Å². The molecular formula is C14H17BrFNO4. The number of hydrogen-bond donors (Lipinski definition) is 2. The van der Waals surface area contributed by atoms with Crippen LogP contribution in [0.15, 0.2) is 22.7 Å². The van der Waals surface area contributed by atoms with Crippen LogP contribution in [-0.2, 0) is 9.59 Å². The predicted octanol–water partition coefficient (Wildman–Crippen LogP) is 2.73. The van der Waals surface area contributed by atoms with E-state index in [4.69, 9.17) is 9.84 Å². The summed E-state index contributed by atoms with van der Waals surface area (Å²) in [7, 11) is 0. The molecule has 1 amide bonds. The Bertz CT molecular complexity index is 510. The van der Waals surface area contributed by atoms with Crippen LogP contribution in [0.4, 0.5) is 4.39 Å². The molecule has 2 N–H and O–H groups in total. The van der Waals surface area contributed by atoms with Crippen LogP contribution >= 0.6 is 15.9 Å². The van der Waals surface area contributed by atoms with Crippen molar-refractivity contribution in [3.63, 3.8) is 0 Å². The van der Waals surface area contributed by atoms with Gasteiger partial charge in [0.25, 0.3) is 5.91 Å². The van der Waals surface area contributed by atoms with Gasteiger partial charge in [-0.25, -0.2) is 4.39 Å². The standard InChI is InChI=1S/C14H17BrFNO4/c1-2-3-10(7-14(19)20)17-13(18)8-21-12-5-4-9(16)6-11(12)15/h4-6,10H,2-3,7-8H2,1H3,(H,17,18)(H,19,20). The summed E-state index contributed by atoms with van der Waals surface area (Å²) in [6, 6.07) is 3.45. The number of rotatable bonds is 8. The lowest BCUT2D eigenvalue weighted by Crippen LogP contribution is -2.39.